The number of carboxylic acid groups (broad SMARTS) is 2. The fraction of sp³-hybridized carbons (Fsp3) is 0.451. The number of hydrogen-bond donors (Lipinski definition) is 4. The maximum absolute atomic E-state index is 14.6. The second-order valence-corrected chi connectivity index (χ2v) is 19.8. The van der Waals surface area contributed by atoms with Gasteiger partial charge in [-0.05, 0) is 115 Å². The Balaban J connectivity index is 1.43. The Kier molecular flexibility index (Phi) is 13.7. The van der Waals surface area contributed by atoms with Crippen LogP contribution in [0.3, 0.4) is 0 Å². The number of primary amides is 2. The summed E-state index contributed by atoms with van der Waals surface area (Å²) in [6.07, 6.45) is -1.06. The number of likely N-dealkylation sites (tertiary alicyclic amines) is 2. The maximum atomic E-state index is 14.6. The predicted octanol–water partition coefficient (Wildman–Crippen LogP) is 7.69. The summed E-state index contributed by atoms with van der Waals surface area (Å²) in [5.41, 5.74) is 12.8. The summed E-state index contributed by atoms with van der Waals surface area (Å²) in [5, 5.41) is 20.2. The molecule has 2 aliphatic rings. The van der Waals surface area contributed by atoms with E-state index in [9.17, 15) is 43.4 Å². The molecule has 6 N–H and O–H groups in total. The number of hydrogen-bond acceptors (Lipinski definition) is 6. The molecule has 1 aromatic heterocycles. The first kappa shape index (κ1) is 49.7. The van der Waals surface area contributed by atoms with E-state index in [2.05, 4.69) is 0 Å². The van der Waals surface area contributed by atoms with Gasteiger partial charge in [0, 0.05) is 31.9 Å². The van der Waals surface area contributed by atoms with Crippen LogP contribution in [0.5, 0.6) is 0 Å². The molecule has 0 aliphatic carbocycles. The molecule has 67 heavy (non-hydrogen) atoms. The average Bonchev–Trinajstić information content (AvgIpc) is 4.02. The quantitative estimate of drug-likeness (QED) is 0.104. The van der Waals surface area contributed by atoms with E-state index in [1.807, 2.05) is 41.0 Å². The van der Waals surface area contributed by atoms with Crippen molar-refractivity contribution in [1.82, 2.24) is 24.2 Å². The first-order chi connectivity index (χ1) is 31.4. The first-order valence-corrected chi connectivity index (χ1v) is 22.8. The topological polar surface area (TPSA) is 213 Å². The molecule has 2 saturated heterocycles. The van der Waals surface area contributed by atoms with Crippen LogP contribution in [0.2, 0.25) is 0 Å². The third kappa shape index (κ3) is 8.73. The lowest BCUT2D eigenvalue weighted by molar-refractivity contribution is -0.150. The zero-order chi connectivity index (χ0) is 49.6. The largest absolute Gasteiger partial charge is 0.465 e. The van der Waals surface area contributed by atoms with Crippen molar-refractivity contribution in [3.8, 4) is 28.2 Å². The summed E-state index contributed by atoms with van der Waals surface area (Å²) in [5.74, 6) is -2.87. The lowest BCUT2D eigenvalue weighted by atomic mass is 9.81. The molecule has 16 heteroatoms. The fourth-order valence-electron chi connectivity index (χ4n) is 10.6. The Bertz CT molecular complexity index is 2410. The number of aryl methyl sites for hydroxylation is 1. The Morgan fingerprint density at radius 3 is 1.31 bits per heavy atom. The van der Waals surface area contributed by atoms with E-state index in [-0.39, 0.29) is 39.0 Å². The van der Waals surface area contributed by atoms with Crippen LogP contribution in [-0.2, 0) is 30.3 Å². The molecule has 0 unspecified atom stereocenters. The van der Waals surface area contributed by atoms with E-state index in [0.29, 0.717) is 57.7 Å². The van der Waals surface area contributed by atoms with Crippen molar-refractivity contribution in [3.63, 3.8) is 0 Å². The molecule has 4 atom stereocenters. The van der Waals surface area contributed by atoms with Crippen molar-refractivity contribution in [3.05, 3.63) is 101 Å². The van der Waals surface area contributed by atoms with Gasteiger partial charge < -0.3 is 36.0 Å². The molecule has 15 nitrogen and oxygen atoms in total. The number of amides is 6. The van der Waals surface area contributed by atoms with Gasteiger partial charge in [0.15, 0.2) is 0 Å². The maximum Gasteiger partial charge on any atom is 0.407 e. The van der Waals surface area contributed by atoms with Crippen LogP contribution in [0.25, 0.3) is 28.2 Å². The van der Waals surface area contributed by atoms with E-state index < -0.39 is 75.6 Å². The molecular formula is C51H64FN7O8. The highest BCUT2D eigenvalue weighted by atomic mass is 19.1. The van der Waals surface area contributed by atoms with Gasteiger partial charge in [0.05, 0.1) is 11.4 Å². The minimum absolute atomic E-state index is 0.0640. The van der Waals surface area contributed by atoms with Gasteiger partial charge in [0.1, 0.15) is 29.0 Å². The molecule has 6 rings (SSSR count). The van der Waals surface area contributed by atoms with Crippen LogP contribution in [0.15, 0.2) is 78.9 Å². The number of carbonyl (C=O) groups is 6. The lowest BCUT2D eigenvalue weighted by Gasteiger charge is -2.43. The number of aromatic nitrogens is 1. The monoisotopic (exact) mass is 921 g/mol. The van der Waals surface area contributed by atoms with Crippen LogP contribution in [-0.4, -0.2) is 108 Å². The summed E-state index contributed by atoms with van der Waals surface area (Å²) in [6.45, 7) is 16.4. The minimum Gasteiger partial charge on any atom is -0.465 e. The molecule has 2 aliphatic heterocycles. The summed E-state index contributed by atoms with van der Waals surface area (Å²) in [4.78, 5) is 86.1. The Hall–Kier alpha value is -6.71. The van der Waals surface area contributed by atoms with Gasteiger partial charge in [-0.1, -0.05) is 90.1 Å². The van der Waals surface area contributed by atoms with Gasteiger partial charge in [-0.3, -0.25) is 29.0 Å². The molecule has 3 heterocycles. The molecule has 0 saturated carbocycles. The number of carbonyl (C=O) groups excluding carboxylic acids is 4. The highest BCUT2D eigenvalue weighted by Gasteiger charge is 2.55. The molecule has 0 radical (unpaired) electrons. The van der Waals surface area contributed by atoms with Crippen LogP contribution in [0.1, 0.15) is 97.8 Å². The van der Waals surface area contributed by atoms with Gasteiger partial charge in [-0.25, -0.2) is 14.0 Å². The highest BCUT2D eigenvalue weighted by molar-refractivity contribution is 5.96. The number of rotatable bonds is 13. The standard InChI is InChI=1S/C51H64FN7O8/c1-10-55(46(64)65)40(48(4,5)6)42(60)57-28-12-26-50(57,44(53)62)34-18-14-32(15-19-34)38-24-25-39(59(38)37-23-22-36(52)30-31(37)3)33-16-20-35(21-17-33)51(45(54)63)27-13-29-58(51)43(61)41(49(7,8)9)56(11-2)47(66)67/h14-25,30,40-41H,10-13,26-29H2,1-9H3,(H2,53,62)(H2,54,63)(H,64,65)(H,66,67)/t40-,41-,50+,51+/m1/s1. The van der Waals surface area contributed by atoms with E-state index in [1.165, 1.54) is 21.9 Å². The number of likely N-dealkylation sites (N-methyl/N-ethyl adjacent to an activating group) is 2. The number of nitrogens with zero attached hydrogens (tertiary/aromatic N) is 5. The van der Waals surface area contributed by atoms with Crippen molar-refractivity contribution < 1.29 is 43.4 Å². The van der Waals surface area contributed by atoms with Gasteiger partial charge in [0.2, 0.25) is 23.6 Å². The molecule has 6 amide bonds. The zero-order valence-electron chi connectivity index (χ0n) is 39.9. The Labute approximate surface area is 391 Å². The van der Waals surface area contributed by atoms with Crippen LogP contribution in [0.4, 0.5) is 14.0 Å². The first-order valence-electron chi connectivity index (χ1n) is 22.8. The second kappa shape index (κ2) is 18.5. The lowest BCUT2D eigenvalue weighted by Crippen LogP contribution is -2.62. The highest BCUT2D eigenvalue weighted by Crippen LogP contribution is 2.45. The molecule has 2 fully saturated rings. The van der Waals surface area contributed by atoms with Crippen LogP contribution in [0, 0.1) is 23.6 Å². The molecule has 3 aromatic carbocycles. The molecule has 4 aromatic rings. The third-order valence-electron chi connectivity index (χ3n) is 13.6. The van der Waals surface area contributed by atoms with E-state index >= 15 is 0 Å². The van der Waals surface area contributed by atoms with Crippen LogP contribution < -0.4 is 11.5 Å². The summed E-state index contributed by atoms with van der Waals surface area (Å²) in [7, 11) is 0. The average molecular weight is 922 g/mol. The predicted molar refractivity (Wildman–Crippen MR) is 252 cm³/mol. The van der Waals surface area contributed by atoms with Crippen molar-refractivity contribution in [2.75, 3.05) is 26.2 Å². The van der Waals surface area contributed by atoms with E-state index in [1.54, 1.807) is 92.6 Å². The summed E-state index contributed by atoms with van der Waals surface area (Å²) in [6, 6.07) is 20.5. The van der Waals surface area contributed by atoms with Gasteiger partial charge in [-0.2, -0.15) is 0 Å². The number of benzene rings is 3. The Morgan fingerprint density at radius 2 is 1.01 bits per heavy atom. The fourth-order valence-corrected chi connectivity index (χ4v) is 10.6. The van der Waals surface area contributed by atoms with Gasteiger partial charge in [0.25, 0.3) is 0 Å². The molecule has 358 valence electrons. The zero-order valence-corrected chi connectivity index (χ0v) is 39.9. The minimum atomic E-state index is -1.54. The number of halogens is 1. The van der Waals surface area contributed by atoms with Gasteiger partial charge in [-0.15, -0.1) is 0 Å². The van der Waals surface area contributed by atoms with E-state index in [0.717, 1.165) is 9.80 Å². The summed E-state index contributed by atoms with van der Waals surface area (Å²) >= 11 is 0. The molecular weight excluding hydrogens is 858 g/mol. The second-order valence-electron chi connectivity index (χ2n) is 19.8. The van der Waals surface area contributed by atoms with Crippen LogP contribution >= 0.6 is 0 Å². The normalized spacial score (nSPS) is 19.5. The number of nitrogens with two attached hydrogens (primary N) is 2. The van der Waals surface area contributed by atoms with Crippen molar-refractivity contribution in [2.24, 2.45) is 22.3 Å². The molecule has 0 spiro atoms. The molecule has 0 bridgehead atoms. The Morgan fingerprint density at radius 1 is 0.642 bits per heavy atom. The SMILES string of the molecule is CCN(C(=O)O)[C@H](C(=O)N1CCC[C@@]1(C(N)=O)c1ccc(-c2ccc(-c3ccc([C@]4(C(N)=O)CCCN4C(=O)[C@@H](N(CC)C(=O)O)C(C)(C)C)cc3)n2-c2ccc(F)cc2C)cc1)C(C)(C)C. The van der Waals surface area contributed by atoms with Gasteiger partial charge >= 0.3 is 12.2 Å². The van der Waals surface area contributed by atoms with Crippen molar-refractivity contribution >= 4 is 35.8 Å². The van der Waals surface area contributed by atoms with Crippen molar-refractivity contribution in [2.45, 2.75) is 111 Å². The third-order valence-corrected chi connectivity index (χ3v) is 13.6. The smallest absolute Gasteiger partial charge is 0.407 e. The van der Waals surface area contributed by atoms with Crippen molar-refractivity contribution in [1.29, 1.82) is 0 Å². The summed E-state index contributed by atoms with van der Waals surface area (Å²) < 4.78 is 16.6. The van der Waals surface area contributed by atoms with E-state index in [4.69, 9.17) is 11.5 Å².